The number of nitrogens with zero attached hydrogens (tertiary/aromatic N) is 1. The van der Waals surface area contributed by atoms with E-state index in [-0.39, 0.29) is 18.8 Å². The number of carbonyl (C=O) groups excluding carboxylic acids is 1. The molecule has 8 nitrogen and oxygen atoms in total. The number of fused-ring (bicyclic) bond motifs is 3. The van der Waals surface area contributed by atoms with Crippen LogP contribution in [0.4, 0.5) is 5.69 Å². The third-order valence-electron chi connectivity index (χ3n) is 5.18. The van der Waals surface area contributed by atoms with Gasteiger partial charge in [-0.2, -0.15) is 12.7 Å². The van der Waals surface area contributed by atoms with Gasteiger partial charge in [-0.15, -0.1) is 0 Å². The van der Waals surface area contributed by atoms with Crippen LogP contribution in [0, 0.1) is 0 Å². The number of carbonyl (C=O) groups is 1. The first kappa shape index (κ1) is 21.8. The van der Waals surface area contributed by atoms with E-state index >= 15 is 0 Å². The Kier molecular flexibility index (Phi) is 5.78. The molecule has 1 atom stereocenters. The van der Waals surface area contributed by atoms with E-state index in [4.69, 9.17) is 32.7 Å². The fraction of sp³-hybridized carbons (Fsp3) is 0.250. The Bertz CT molecular complexity index is 1280. The molecule has 164 valence electrons. The highest BCUT2D eigenvalue weighted by atomic mass is 35.5. The smallest absolute Gasteiger partial charge is 0.314 e. The van der Waals surface area contributed by atoms with Crippen LogP contribution >= 0.6 is 23.2 Å². The SMILES string of the molecule is COC(=O)C1CN(S(=O)(=O)Nc2ccc(Cl)c(OC)c2)Cc2[nH]c3ccc(Cl)cc3c21. The minimum atomic E-state index is -4.01. The number of ether oxygens (including phenoxy) is 2. The number of hydrogen-bond acceptors (Lipinski definition) is 5. The quantitative estimate of drug-likeness (QED) is 0.535. The zero-order chi connectivity index (χ0) is 22.3. The first-order valence-corrected chi connectivity index (χ1v) is 11.4. The molecule has 2 aromatic carbocycles. The van der Waals surface area contributed by atoms with Crippen molar-refractivity contribution in [2.75, 3.05) is 25.5 Å². The van der Waals surface area contributed by atoms with Crippen molar-refractivity contribution in [1.82, 2.24) is 9.29 Å². The van der Waals surface area contributed by atoms with Gasteiger partial charge in [0.05, 0.1) is 37.4 Å². The van der Waals surface area contributed by atoms with Gasteiger partial charge in [0, 0.05) is 34.2 Å². The molecule has 0 spiro atoms. The molecule has 0 fully saturated rings. The number of hydrogen-bond donors (Lipinski definition) is 2. The molecule has 0 amide bonds. The molecule has 2 N–H and O–H groups in total. The Balaban J connectivity index is 1.72. The number of rotatable bonds is 5. The molecule has 1 unspecified atom stereocenters. The monoisotopic (exact) mass is 483 g/mol. The summed E-state index contributed by atoms with van der Waals surface area (Å²) in [6, 6.07) is 9.82. The summed E-state index contributed by atoms with van der Waals surface area (Å²) < 4.78 is 40.1. The Morgan fingerprint density at radius 3 is 2.68 bits per heavy atom. The predicted octanol–water partition coefficient (Wildman–Crippen LogP) is 3.91. The molecule has 11 heteroatoms. The number of nitrogens with one attached hydrogen (secondary N) is 2. The minimum Gasteiger partial charge on any atom is -0.495 e. The maximum atomic E-state index is 13.1. The molecule has 0 saturated heterocycles. The van der Waals surface area contributed by atoms with E-state index in [9.17, 15) is 13.2 Å². The van der Waals surface area contributed by atoms with Gasteiger partial charge in [-0.05, 0) is 35.9 Å². The number of halogens is 2. The van der Waals surface area contributed by atoms with E-state index in [1.165, 1.54) is 36.7 Å². The van der Waals surface area contributed by atoms with Crippen LogP contribution in [0.2, 0.25) is 10.0 Å². The first-order chi connectivity index (χ1) is 14.7. The molecule has 1 aliphatic heterocycles. The van der Waals surface area contributed by atoms with Gasteiger partial charge in [0.25, 0.3) is 0 Å². The third-order valence-corrected chi connectivity index (χ3v) is 7.17. The second-order valence-corrected chi connectivity index (χ2v) is 9.55. The molecule has 0 saturated carbocycles. The van der Waals surface area contributed by atoms with Crippen LogP contribution in [-0.2, 0) is 26.3 Å². The van der Waals surface area contributed by atoms with Gasteiger partial charge in [-0.3, -0.25) is 9.52 Å². The number of H-pyrrole nitrogens is 1. The first-order valence-electron chi connectivity index (χ1n) is 9.22. The maximum absolute atomic E-state index is 13.1. The summed E-state index contributed by atoms with van der Waals surface area (Å²) in [5, 5.41) is 1.65. The van der Waals surface area contributed by atoms with E-state index < -0.39 is 22.1 Å². The van der Waals surface area contributed by atoms with Crippen LogP contribution in [-0.4, -0.2) is 44.4 Å². The van der Waals surface area contributed by atoms with E-state index in [1.807, 2.05) is 0 Å². The molecule has 0 bridgehead atoms. The van der Waals surface area contributed by atoms with E-state index in [0.717, 1.165) is 10.9 Å². The topological polar surface area (TPSA) is 101 Å². The summed E-state index contributed by atoms with van der Waals surface area (Å²) in [7, 11) is -1.29. The lowest BCUT2D eigenvalue weighted by atomic mass is 9.93. The molecule has 1 aromatic heterocycles. The third kappa shape index (κ3) is 4.06. The Labute approximate surface area is 189 Å². The zero-order valence-electron chi connectivity index (χ0n) is 16.6. The molecule has 0 radical (unpaired) electrons. The van der Waals surface area contributed by atoms with Crippen LogP contribution < -0.4 is 9.46 Å². The average Bonchev–Trinajstić information content (AvgIpc) is 3.11. The van der Waals surface area contributed by atoms with Crippen LogP contribution in [0.5, 0.6) is 5.75 Å². The summed E-state index contributed by atoms with van der Waals surface area (Å²) >= 11 is 12.2. The second kappa shape index (κ2) is 8.23. The van der Waals surface area contributed by atoms with Gasteiger partial charge in [0.2, 0.25) is 0 Å². The fourth-order valence-electron chi connectivity index (χ4n) is 3.75. The van der Waals surface area contributed by atoms with Crippen molar-refractivity contribution < 1.29 is 22.7 Å². The number of aromatic nitrogens is 1. The number of methoxy groups -OCH3 is 2. The summed E-state index contributed by atoms with van der Waals surface area (Å²) in [5.41, 5.74) is 2.35. The maximum Gasteiger partial charge on any atom is 0.314 e. The highest BCUT2D eigenvalue weighted by molar-refractivity contribution is 7.90. The highest BCUT2D eigenvalue weighted by Gasteiger charge is 2.39. The number of esters is 1. The lowest BCUT2D eigenvalue weighted by Crippen LogP contribution is -2.43. The molecular weight excluding hydrogens is 465 g/mol. The Hall–Kier alpha value is -2.46. The standard InChI is InChI=1S/C20H19Cl2N3O5S/c1-29-18-8-12(4-5-15(18)22)24-31(27,28)25-9-14(20(26)30-2)19-13-7-11(21)3-6-16(13)23-17(19)10-25/h3-8,14,23-24H,9-10H2,1-2H3. The van der Waals surface area contributed by atoms with Crippen molar-refractivity contribution in [1.29, 1.82) is 0 Å². The second-order valence-electron chi connectivity index (χ2n) is 7.03. The van der Waals surface area contributed by atoms with Crippen LogP contribution in [0.15, 0.2) is 36.4 Å². The molecular formula is C20H19Cl2N3O5S. The fourth-order valence-corrected chi connectivity index (χ4v) is 5.32. The van der Waals surface area contributed by atoms with Crippen LogP contribution in [0.3, 0.4) is 0 Å². The number of aromatic amines is 1. The van der Waals surface area contributed by atoms with Crippen molar-refractivity contribution in [3.8, 4) is 5.75 Å². The molecule has 2 heterocycles. The van der Waals surface area contributed by atoms with Gasteiger partial charge in [-0.25, -0.2) is 0 Å². The highest BCUT2D eigenvalue weighted by Crippen LogP contribution is 2.38. The Morgan fingerprint density at radius 2 is 1.97 bits per heavy atom. The van der Waals surface area contributed by atoms with Crippen molar-refractivity contribution in [3.63, 3.8) is 0 Å². The number of anilines is 1. The van der Waals surface area contributed by atoms with Gasteiger partial charge in [0.15, 0.2) is 0 Å². The minimum absolute atomic E-state index is 0.0508. The molecule has 4 rings (SSSR count). The van der Waals surface area contributed by atoms with Gasteiger partial charge in [0.1, 0.15) is 5.75 Å². The van der Waals surface area contributed by atoms with Gasteiger partial charge < -0.3 is 14.5 Å². The normalized spacial score (nSPS) is 16.7. The molecule has 3 aromatic rings. The van der Waals surface area contributed by atoms with E-state index in [2.05, 4.69) is 9.71 Å². The zero-order valence-corrected chi connectivity index (χ0v) is 18.9. The predicted molar refractivity (Wildman–Crippen MR) is 119 cm³/mol. The van der Waals surface area contributed by atoms with Crippen molar-refractivity contribution in [2.24, 2.45) is 0 Å². The summed E-state index contributed by atoms with van der Waals surface area (Å²) in [6.07, 6.45) is 0. The Morgan fingerprint density at radius 1 is 1.19 bits per heavy atom. The lowest BCUT2D eigenvalue weighted by Gasteiger charge is -2.31. The molecule has 31 heavy (non-hydrogen) atoms. The molecule has 1 aliphatic rings. The summed E-state index contributed by atoms with van der Waals surface area (Å²) in [6.45, 7) is -0.0334. The number of benzene rings is 2. The van der Waals surface area contributed by atoms with Gasteiger partial charge in [-0.1, -0.05) is 23.2 Å². The largest absolute Gasteiger partial charge is 0.495 e. The van der Waals surface area contributed by atoms with Crippen LogP contribution in [0.1, 0.15) is 17.2 Å². The van der Waals surface area contributed by atoms with Crippen molar-refractivity contribution in [3.05, 3.63) is 57.7 Å². The van der Waals surface area contributed by atoms with Crippen molar-refractivity contribution >= 4 is 56.0 Å². The van der Waals surface area contributed by atoms with Crippen LogP contribution in [0.25, 0.3) is 10.9 Å². The lowest BCUT2D eigenvalue weighted by molar-refractivity contribution is -0.142. The summed E-state index contributed by atoms with van der Waals surface area (Å²) in [5.74, 6) is -1.00. The average molecular weight is 484 g/mol. The van der Waals surface area contributed by atoms with Gasteiger partial charge >= 0.3 is 16.2 Å². The van der Waals surface area contributed by atoms with E-state index in [0.29, 0.717) is 27.1 Å². The van der Waals surface area contributed by atoms with Crippen molar-refractivity contribution in [2.45, 2.75) is 12.5 Å². The summed E-state index contributed by atoms with van der Waals surface area (Å²) in [4.78, 5) is 15.8. The molecule has 0 aliphatic carbocycles. The van der Waals surface area contributed by atoms with E-state index in [1.54, 1.807) is 18.2 Å².